The van der Waals surface area contributed by atoms with Crippen LogP contribution in [0.1, 0.15) is 18.4 Å². The Bertz CT molecular complexity index is 825. The van der Waals surface area contributed by atoms with Crippen LogP contribution in [0.25, 0.3) is 0 Å². The fourth-order valence-corrected chi connectivity index (χ4v) is 5.23. The highest BCUT2D eigenvalue weighted by Crippen LogP contribution is 2.42. The fourth-order valence-electron chi connectivity index (χ4n) is 3.32. The lowest BCUT2D eigenvalue weighted by atomic mass is 10.1. The number of hydrogen-bond donors (Lipinski definition) is 1. The standard InChI is InChI=1S/C19H22N4O2S2/c1-25-17(24)12-26-14-4-8-23(9-5-14)11-13-2-3-16-15(10-13)22-18-19(27-16)21-7-6-20-18/h2-3,6-7,10,14H,4-5,8-9,11-12H2,1H3,(H,20,22). The van der Waals surface area contributed by atoms with Crippen LogP contribution in [0.4, 0.5) is 11.5 Å². The van der Waals surface area contributed by atoms with Gasteiger partial charge in [-0.15, -0.1) is 11.8 Å². The van der Waals surface area contributed by atoms with Crippen LogP contribution in [0.5, 0.6) is 0 Å². The molecule has 2 aliphatic rings. The van der Waals surface area contributed by atoms with Gasteiger partial charge in [-0.25, -0.2) is 9.97 Å². The van der Waals surface area contributed by atoms with E-state index in [1.807, 2.05) is 0 Å². The number of esters is 1. The first-order valence-corrected chi connectivity index (χ1v) is 10.9. The lowest BCUT2D eigenvalue weighted by Crippen LogP contribution is -2.34. The molecule has 1 fully saturated rings. The van der Waals surface area contributed by atoms with Crippen LogP contribution in [0.15, 0.2) is 40.5 Å². The largest absolute Gasteiger partial charge is 0.468 e. The number of anilines is 2. The molecule has 8 heteroatoms. The first kappa shape index (κ1) is 18.6. The zero-order valence-corrected chi connectivity index (χ0v) is 16.8. The number of hydrogen-bond acceptors (Lipinski definition) is 8. The Morgan fingerprint density at radius 2 is 2.15 bits per heavy atom. The van der Waals surface area contributed by atoms with E-state index in [-0.39, 0.29) is 5.97 Å². The fraction of sp³-hybridized carbons (Fsp3) is 0.421. The number of ether oxygens (including phenoxy) is 1. The number of piperidine rings is 1. The summed E-state index contributed by atoms with van der Waals surface area (Å²) in [4.78, 5) is 23.7. The Hall–Kier alpha value is -1.77. The van der Waals surface area contributed by atoms with Crippen LogP contribution < -0.4 is 5.32 Å². The highest BCUT2D eigenvalue weighted by molar-refractivity contribution is 8.00. The molecule has 27 heavy (non-hydrogen) atoms. The molecule has 0 aliphatic carbocycles. The Labute approximate surface area is 167 Å². The molecule has 2 aromatic rings. The number of likely N-dealkylation sites (tertiary alicyclic amines) is 1. The number of thioether (sulfide) groups is 1. The van der Waals surface area contributed by atoms with Crippen LogP contribution >= 0.6 is 23.5 Å². The maximum absolute atomic E-state index is 11.3. The van der Waals surface area contributed by atoms with Gasteiger partial charge in [0.2, 0.25) is 0 Å². The van der Waals surface area contributed by atoms with Crippen LogP contribution in [0.3, 0.4) is 0 Å². The molecule has 6 nitrogen and oxygen atoms in total. The van der Waals surface area contributed by atoms with Crippen molar-refractivity contribution in [1.29, 1.82) is 0 Å². The highest BCUT2D eigenvalue weighted by Gasteiger charge is 2.22. The molecule has 4 rings (SSSR count). The predicted octanol–water partition coefficient (Wildman–Crippen LogP) is 3.56. The molecule has 0 bridgehead atoms. The Morgan fingerprint density at radius 3 is 2.96 bits per heavy atom. The van der Waals surface area contributed by atoms with E-state index in [2.05, 4.69) is 38.4 Å². The number of carbonyl (C=O) groups is 1. The third-order valence-corrected chi connectivity index (χ3v) is 7.19. The molecule has 1 N–H and O–H groups in total. The summed E-state index contributed by atoms with van der Waals surface area (Å²) >= 11 is 3.38. The average Bonchev–Trinajstić information content (AvgIpc) is 2.71. The van der Waals surface area contributed by atoms with Gasteiger partial charge >= 0.3 is 5.97 Å². The van der Waals surface area contributed by atoms with Crippen molar-refractivity contribution in [2.24, 2.45) is 0 Å². The van der Waals surface area contributed by atoms with Crippen molar-refractivity contribution >= 4 is 41.0 Å². The van der Waals surface area contributed by atoms with E-state index in [0.717, 1.165) is 49.0 Å². The quantitative estimate of drug-likeness (QED) is 0.650. The van der Waals surface area contributed by atoms with Crippen LogP contribution in [-0.4, -0.2) is 52.0 Å². The molecule has 0 atom stereocenters. The highest BCUT2D eigenvalue weighted by atomic mass is 32.2. The van der Waals surface area contributed by atoms with Gasteiger partial charge in [0.15, 0.2) is 5.82 Å². The van der Waals surface area contributed by atoms with Crippen LogP contribution in [-0.2, 0) is 16.1 Å². The van der Waals surface area contributed by atoms with Crippen molar-refractivity contribution in [2.75, 3.05) is 31.3 Å². The molecule has 0 saturated carbocycles. The number of nitrogens with one attached hydrogen (secondary N) is 1. The van der Waals surface area contributed by atoms with E-state index in [1.165, 1.54) is 17.6 Å². The summed E-state index contributed by atoms with van der Waals surface area (Å²) in [6.07, 6.45) is 5.66. The molecule has 0 spiro atoms. The Balaban J connectivity index is 1.32. The molecule has 1 saturated heterocycles. The van der Waals surface area contributed by atoms with Gasteiger partial charge in [-0.3, -0.25) is 9.69 Å². The van der Waals surface area contributed by atoms with Crippen molar-refractivity contribution in [2.45, 2.75) is 34.6 Å². The van der Waals surface area contributed by atoms with E-state index in [4.69, 9.17) is 4.74 Å². The van der Waals surface area contributed by atoms with Gasteiger partial charge < -0.3 is 10.1 Å². The number of methoxy groups -OCH3 is 1. The Morgan fingerprint density at radius 1 is 1.33 bits per heavy atom. The van der Waals surface area contributed by atoms with Gasteiger partial charge in [-0.05, 0) is 43.6 Å². The van der Waals surface area contributed by atoms with E-state index in [0.29, 0.717) is 11.0 Å². The van der Waals surface area contributed by atoms with Gasteiger partial charge in [0.05, 0.1) is 18.6 Å². The zero-order chi connectivity index (χ0) is 18.6. The van der Waals surface area contributed by atoms with Gasteiger partial charge in [-0.1, -0.05) is 17.8 Å². The summed E-state index contributed by atoms with van der Waals surface area (Å²) < 4.78 is 4.72. The second kappa shape index (κ2) is 8.50. The number of carbonyl (C=O) groups excluding carboxylic acids is 1. The molecule has 0 amide bonds. The summed E-state index contributed by atoms with van der Waals surface area (Å²) in [5.74, 6) is 1.16. The summed E-state index contributed by atoms with van der Waals surface area (Å²) in [6.45, 7) is 3.07. The number of fused-ring (bicyclic) bond motifs is 2. The first-order chi connectivity index (χ1) is 13.2. The minimum Gasteiger partial charge on any atom is -0.468 e. The second-order valence-corrected chi connectivity index (χ2v) is 8.95. The smallest absolute Gasteiger partial charge is 0.315 e. The molecule has 0 radical (unpaired) electrons. The molecular formula is C19H22N4O2S2. The van der Waals surface area contributed by atoms with E-state index in [1.54, 1.807) is 35.9 Å². The number of nitrogens with zero attached hydrogens (tertiary/aromatic N) is 3. The lowest BCUT2D eigenvalue weighted by molar-refractivity contribution is -0.137. The summed E-state index contributed by atoms with van der Waals surface area (Å²) in [5, 5.41) is 4.87. The molecule has 1 aromatic carbocycles. The van der Waals surface area contributed by atoms with Crippen molar-refractivity contribution < 1.29 is 9.53 Å². The Kier molecular flexibility index (Phi) is 5.85. The minimum atomic E-state index is -0.131. The number of aromatic nitrogens is 2. The first-order valence-electron chi connectivity index (χ1n) is 9.01. The van der Waals surface area contributed by atoms with Crippen molar-refractivity contribution in [3.8, 4) is 0 Å². The SMILES string of the molecule is COC(=O)CSC1CCN(Cc2ccc3c(c2)Nc2nccnc2S3)CC1. The summed E-state index contributed by atoms with van der Waals surface area (Å²) in [6, 6.07) is 6.59. The van der Waals surface area contributed by atoms with Crippen molar-refractivity contribution in [1.82, 2.24) is 14.9 Å². The van der Waals surface area contributed by atoms with Gasteiger partial charge in [0.1, 0.15) is 5.03 Å². The molecular weight excluding hydrogens is 380 g/mol. The van der Waals surface area contributed by atoms with Gasteiger partial charge in [-0.2, -0.15) is 0 Å². The lowest BCUT2D eigenvalue weighted by Gasteiger charge is -2.31. The third-order valence-electron chi connectivity index (χ3n) is 4.77. The van der Waals surface area contributed by atoms with E-state index < -0.39 is 0 Å². The predicted molar refractivity (Wildman–Crippen MR) is 109 cm³/mol. The molecule has 3 heterocycles. The molecule has 142 valence electrons. The number of benzene rings is 1. The normalized spacial score (nSPS) is 16.9. The zero-order valence-electron chi connectivity index (χ0n) is 15.2. The summed E-state index contributed by atoms with van der Waals surface area (Å²) in [5.41, 5.74) is 2.41. The monoisotopic (exact) mass is 402 g/mol. The third kappa shape index (κ3) is 4.56. The van der Waals surface area contributed by atoms with Gasteiger partial charge in [0, 0.05) is 29.1 Å². The van der Waals surface area contributed by atoms with Crippen molar-refractivity contribution in [3.63, 3.8) is 0 Å². The summed E-state index contributed by atoms with van der Waals surface area (Å²) in [7, 11) is 1.45. The minimum absolute atomic E-state index is 0.131. The van der Waals surface area contributed by atoms with E-state index >= 15 is 0 Å². The van der Waals surface area contributed by atoms with Crippen LogP contribution in [0.2, 0.25) is 0 Å². The average molecular weight is 403 g/mol. The number of rotatable bonds is 5. The maximum Gasteiger partial charge on any atom is 0.315 e. The van der Waals surface area contributed by atoms with Crippen molar-refractivity contribution in [3.05, 3.63) is 36.2 Å². The molecule has 0 unspecified atom stereocenters. The topological polar surface area (TPSA) is 67.3 Å². The van der Waals surface area contributed by atoms with Crippen LogP contribution in [0, 0.1) is 0 Å². The second-order valence-electron chi connectivity index (χ2n) is 6.63. The molecule has 1 aromatic heterocycles. The molecule has 2 aliphatic heterocycles. The van der Waals surface area contributed by atoms with Gasteiger partial charge in [0.25, 0.3) is 0 Å². The maximum atomic E-state index is 11.3. The van der Waals surface area contributed by atoms with E-state index in [9.17, 15) is 4.79 Å².